The van der Waals surface area contributed by atoms with Crippen LogP contribution in [0.5, 0.6) is 0 Å². The van der Waals surface area contributed by atoms with Crippen molar-refractivity contribution in [2.75, 3.05) is 0 Å². The quantitative estimate of drug-likeness (QED) is 0.338. The van der Waals surface area contributed by atoms with Gasteiger partial charge in [-0.25, -0.2) is 14.4 Å². The van der Waals surface area contributed by atoms with Gasteiger partial charge in [0, 0.05) is 0 Å². The summed E-state index contributed by atoms with van der Waals surface area (Å²) in [7, 11) is 0. The second kappa shape index (κ2) is 5.02. The zero-order chi connectivity index (χ0) is 6.85. The Kier molecular flexibility index (Phi) is 5.89. The third-order valence-corrected chi connectivity index (χ3v) is 0.681. The van der Waals surface area contributed by atoms with Gasteiger partial charge in [0.1, 0.15) is 0 Å². The molecule has 0 saturated carbocycles. The second-order valence-electron chi connectivity index (χ2n) is 1.36. The first-order chi connectivity index (χ1) is 4.18. The number of aromatic nitrogens is 3. The molecule has 1 aromatic heterocycles. The van der Waals surface area contributed by atoms with Gasteiger partial charge >= 0.3 is 35.9 Å². The van der Waals surface area contributed by atoms with Crippen molar-refractivity contribution in [2.24, 2.45) is 0 Å². The smallest absolute Gasteiger partial charge is 1.00 e. The maximum Gasteiger partial charge on any atom is 1.00 e. The van der Waals surface area contributed by atoms with E-state index in [1.807, 2.05) is 0 Å². The first-order valence-electron chi connectivity index (χ1n) is 2.11. The molecule has 0 aliphatic heterocycles. The summed E-state index contributed by atoms with van der Waals surface area (Å²) < 4.78 is 0. The van der Waals surface area contributed by atoms with Gasteiger partial charge < -0.3 is 12.4 Å². The molecule has 1 heterocycles. The Morgan fingerprint density at radius 3 is 1.09 bits per heavy atom. The van der Waals surface area contributed by atoms with E-state index in [-0.39, 0.29) is 31.3 Å². The molecule has 0 aliphatic rings. The van der Waals surface area contributed by atoms with E-state index in [0.717, 1.165) is 0 Å². The molecule has 0 bridgehead atoms. The van der Waals surface area contributed by atoms with Crippen molar-refractivity contribution >= 4 is 0 Å². The van der Waals surface area contributed by atoms with Crippen molar-refractivity contribution < 1.29 is 31.3 Å². The Morgan fingerprint density at radius 1 is 0.727 bits per heavy atom. The summed E-state index contributed by atoms with van der Waals surface area (Å²) in [6.45, 7) is 0. The molecular weight excluding hydrogens is 168 g/mol. The number of hydrogen-bond acceptors (Lipinski definition) is 3. The molecule has 1 rings (SSSR count). The Balaban J connectivity index is 0. The molecule has 0 fully saturated rings. The molecule has 0 amide bonds. The fraction of sp³-hybridized carbons (Fsp3) is 0. The SMILES string of the molecule is O=c1[nH]c(=O)[nH]c(=O)[nH]1.[Cl-].[Li+]. The van der Waals surface area contributed by atoms with Crippen LogP contribution in [0.15, 0.2) is 14.4 Å². The van der Waals surface area contributed by atoms with Gasteiger partial charge in [-0.3, -0.25) is 15.0 Å². The molecule has 0 atom stereocenters. The third-order valence-electron chi connectivity index (χ3n) is 0.681. The second-order valence-corrected chi connectivity index (χ2v) is 1.36. The van der Waals surface area contributed by atoms with E-state index in [9.17, 15) is 14.4 Å². The van der Waals surface area contributed by atoms with Crippen molar-refractivity contribution in [1.82, 2.24) is 15.0 Å². The van der Waals surface area contributed by atoms with Gasteiger partial charge in [-0.15, -0.1) is 0 Å². The van der Waals surface area contributed by atoms with Crippen LogP contribution in [0.3, 0.4) is 0 Å². The monoisotopic (exact) mass is 171 g/mol. The van der Waals surface area contributed by atoms with Gasteiger partial charge in [-0.2, -0.15) is 0 Å². The molecule has 0 unspecified atom stereocenters. The summed E-state index contributed by atoms with van der Waals surface area (Å²) >= 11 is 0. The predicted molar refractivity (Wildman–Crippen MR) is 28.3 cm³/mol. The largest absolute Gasteiger partial charge is 1.00 e. The third kappa shape index (κ3) is 3.88. The minimum atomic E-state index is -0.802. The average Bonchev–Trinajstić information content (AvgIpc) is 1.59. The van der Waals surface area contributed by atoms with Crippen LogP contribution in [-0.2, 0) is 0 Å². The molecule has 0 saturated heterocycles. The topological polar surface area (TPSA) is 98.6 Å². The van der Waals surface area contributed by atoms with E-state index >= 15 is 0 Å². The fourth-order valence-electron chi connectivity index (χ4n) is 0.403. The summed E-state index contributed by atoms with van der Waals surface area (Å²) in [4.78, 5) is 35.9. The number of rotatable bonds is 0. The number of halogens is 1. The van der Waals surface area contributed by atoms with Crippen molar-refractivity contribution in [3.63, 3.8) is 0 Å². The van der Waals surface area contributed by atoms with Crippen LogP contribution >= 0.6 is 0 Å². The molecule has 1 aromatic rings. The normalized spacial score (nSPS) is 7.64. The number of aromatic amines is 3. The molecule has 56 valence electrons. The first kappa shape index (κ1) is 12.9. The zero-order valence-corrected chi connectivity index (χ0v) is 6.36. The maximum absolute atomic E-state index is 10.2. The van der Waals surface area contributed by atoms with E-state index < -0.39 is 17.1 Å². The molecule has 11 heavy (non-hydrogen) atoms. The minimum absolute atomic E-state index is 0. The van der Waals surface area contributed by atoms with E-state index in [2.05, 4.69) is 0 Å². The van der Waals surface area contributed by atoms with Crippen molar-refractivity contribution in [3.8, 4) is 0 Å². The van der Waals surface area contributed by atoms with E-state index in [0.29, 0.717) is 0 Å². The molecule has 3 N–H and O–H groups in total. The van der Waals surface area contributed by atoms with Gasteiger partial charge in [-0.05, 0) is 0 Å². The average molecular weight is 171 g/mol. The van der Waals surface area contributed by atoms with Crippen LogP contribution in [0.4, 0.5) is 0 Å². The summed E-state index contributed by atoms with van der Waals surface area (Å²) in [5, 5.41) is 0. The molecule has 0 radical (unpaired) electrons. The summed E-state index contributed by atoms with van der Waals surface area (Å²) in [6, 6.07) is 0. The Morgan fingerprint density at radius 2 is 0.909 bits per heavy atom. The number of H-pyrrole nitrogens is 3. The van der Waals surface area contributed by atoms with E-state index in [1.54, 1.807) is 15.0 Å². The van der Waals surface area contributed by atoms with E-state index in [1.165, 1.54) is 0 Å². The van der Waals surface area contributed by atoms with Crippen LogP contribution in [0.2, 0.25) is 0 Å². The van der Waals surface area contributed by atoms with Crippen LogP contribution in [-0.4, -0.2) is 15.0 Å². The first-order valence-corrected chi connectivity index (χ1v) is 2.11. The van der Waals surface area contributed by atoms with Crippen molar-refractivity contribution in [1.29, 1.82) is 0 Å². The van der Waals surface area contributed by atoms with Gasteiger partial charge in [0.2, 0.25) is 0 Å². The minimum Gasteiger partial charge on any atom is -1.00 e. The Labute approximate surface area is 78.0 Å². The fourth-order valence-corrected chi connectivity index (χ4v) is 0.403. The predicted octanol–water partition coefficient (Wildman–Crippen LogP) is -8.24. The molecule has 8 heteroatoms. The molecule has 0 aromatic carbocycles. The summed E-state index contributed by atoms with van der Waals surface area (Å²) in [5.74, 6) is 0. The van der Waals surface area contributed by atoms with Crippen molar-refractivity contribution in [2.45, 2.75) is 0 Å². The van der Waals surface area contributed by atoms with E-state index in [4.69, 9.17) is 0 Å². The van der Waals surface area contributed by atoms with Crippen LogP contribution < -0.4 is 48.3 Å². The van der Waals surface area contributed by atoms with Gasteiger partial charge in [0.15, 0.2) is 0 Å². The molecular formula is C3H3ClLiN3O3. The maximum atomic E-state index is 10.2. The summed E-state index contributed by atoms with van der Waals surface area (Å²) in [5.41, 5.74) is -2.41. The van der Waals surface area contributed by atoms with Gasteiger partial charge in [0.05, 0.1) is 0 Å². The Hall–Kier alpha value is -0.703. The summed E-state index contributed by atoms with van der Waals surface area (Å²) in [6.07, 6.45) is 0. The number of nitrogens with one attached hydrogen (secondary N) is 3. The molecule has 0 spiro atoms. The van der Waals surface area contributed by atoms with Crippen molar-refractivity contribution in [3.05, 3.63) is 31.5 Å². The molecule has 0 aliphatic carbocycles. The standard InChI is InChI=1S/C3H3N3O3.ClH.Li/c7-1-4-2(8)6-3(9)5-1;;/h(H3,4,5,6,7,8,9);1H;/q;;+1/p-1. The van der Waals surface area contributed by atoms with Gasteiger partial charge in [-0.1, -0.05) is 0 Å². The Bertz CT molecular complexity index is 286. The van der Waals surface area contributed by atoms with Crippen LogP contribution in [0.1, 0.15) is 0 Å². The molecule has 6 nitrogen and oxygen atoms in total. The van der Waals surface area contributed by atoms with Crippen LogP contribution in [0.25, 0.3) is 0 Å². The zero-order valence-electron chi connectivity index (χ0n) is 5.60. The van der Waals surface area contributed by atoms with Crippen LogP contribution in [0, 0.1) is 0 Å². The van der Waals surface area contributed by atoms with Gasteiger partial charge in [0.25, 0.3) is 0 Å². The number of hydrogen-bond donors (Lipinski definition) is 3.